The van der Waals surface area contributed by atoms with E-state index in [1.807, 2.05) is 19.1 Å². The van der Waals surface area contributed by atoms with Gasteiger partial charge < -0.3 is 9.47 Å². The molecule has 66 valence electrons. The van der Waals surface area contributed by atoms with Gasteiger partial charge in [-0.3, -0.25) is 0 Å². The van der Waals surface area contributed by atoms with Crippen molar-refractivity contribution in [1.29, 1.82) is 0 Å². The second-order valence-electron chi connectivity index (χ2n) is 2.47. The van der Waals surface area contributed by atoms with Crippen molar-refractivity contribution >= 4 is 0 Å². The summed E-state index contributed by atoms with van der Waals surface area (Å²) in [5, 5.41) is 0. The Morgan fingerprint density at radius 1 is 1.25 bits per heavy atom. The molecule has 1 aliphatic rings. The molecule has 0 aromatic heterocycles. The lowest BCUT2D eigenvalue weighted by Gasteiger charge is -2.07. The summed E-state index contributed by atoms with van der Waals surface area (Å²) in [4.78, 5) is 0. The fourth-order valence-corrected chi connectivity index (χ4v) is 1.03. The first kappa shape index (κ1) is 8.91. The molecule has 0 N–H and O–H groups in total. The minimum absolute atomic E-state index is 0.719. The van der Waals surface area contributed by atoms with Crippen LogP contribution in [0.25, 0.3) is 0 Å². The highest BCUT2D eigenvalue weighted by molar-refractivity contribution is 5.23. The van der Waals surface area contributed by atoms with Gasteiger partial charge in [-0.1, -0.05) is 12.7 Å². The first-order chi connectivity index (χ1) is 5.88. The van der Waals surface area contributed by atoms with E-state index in [2.05, 4.69) is 6.58 Å². The Bertz CT molecular complexity index is 214. The van der Waals surface area contributed by atoms with Crippen molar-refractivity contribution in [3.05, 3.63) is 36.3 Å². The lowest BCUT2D eigenvalue weighted by Crippen LogP contribution is -1.94. The topological polar surface area (TPSA) is 18.5 Å². The van der Waals surface area contributed by atoms with Crippen molar-refractivity contribution < 1.29 is 9.47 Å². The van der Waals surface area contributed by atoms with E-state index in [9.17, 15) is 0 Å². The van der Waals surface area contributed by atoms with Gasteiger partial charge >= 0.3 is 0 Å². The van der Waals surface area contributed by atoms with E-state index in [0.29, 0.717) is 0 Å². The minimum atomic E-state index is 0.719. The molecular weight excluding hydrogens is 152 g/mol. The molecule has 0 bridgehead atoms. The zero-order valence-electron chi connectivity index (χ0n) is 7.38. The van der Waals surface area contributed by atoms with Crippen molar-refractivity contribution in [3.8, 4) is 0 Å². The van der Waals surface area contributed by atoms with Gasteiger partial charge in [0, 0.05) is 6.42 Å². The first-order valence-corrected chi connectivity index (χ1v) is 4.13. The normalized spacial score (nSPS) is 24.4. The average Bonchev–Trinajstić information content (AvgIpc) is 2.30. The molecule has 0 aliphatic carbocycles. The summed E-state index contributed by atoms with van der Waals surface area (Å²) in [6, 6.07) is 0. The molecule has 2 heteroatoms. The predicted molar refractivity (Wildman–Crippen MR) is 48.6 cm³/mol. The Balaban J connectivity index is 2.78. The van der Waals surface area contributed by atoms with Gasteiger partial charge in [0.2, 0.25) is 0 Å². The second-order valence-corrected chi connectivity index (χ2v) is 2.47. The molecule has 0 atom stereocenters. The van der Waals surface area contributed by atoms with E-state index in [1.54, 1.807) is 6.08 Å². The van der Waals surface area contributed by atoms with Crippen molar-refractivity contribution in [1.82, 2.24) is 0 Å². The summed E-state index contributed by atoms with van der Waals surface area (Å²) < 4.78 is 10.9. The highest BCUT2D eigenvalue weighted by Gasteiger charge is 2.09. The third kappa shape index (κ3) is 2.16. The van der Waals surface area contributed by atoms with E-state index in [-0.39, 0.29) is 0 Å². The van der Waals surface area contributed by atoms with Crippen LogP contribution in [-0.2, 0) is 9.47 Å². The maximum absolute atomic E-state index is 5.44. The van der Waals surface area contributed by atoms with Gasteiger partial charge in [0.05, 0.1) is 13.2 Å². The van der Waals surface area contributed by atoms with Crippen LogP contribution < -0.4 is 0 Å². The molecule has 0 radical (unpaired) electrons. The Morgan fingerprint density at radius 2 is 1.92 bits per heavy atom. The summed E-state index contributed by atoms with van der Waals surface area (Å²) in [7, 11) is 0. The highest BCUT2D eigenvalue weighted by atomic mass is 16.5. The Morgan fingerprint density at radius 3 is 2.50 bits per heavy atom. The molecule has 2 nitrogen and oxygen atoms in total. The third-order valence-electron chi connectivity index (χ3n) is 1.58. The Labute approximate surface area is 73.2 Å². The van der Waals surface area contributed by atoms with Gasteiger partial charge in [0.15, 0.2) is 11.5 Å². The molecule has 1 rings (SSSR count). The molecule has 1 heterocycles. The van der Waals surface area contributed by atoms with Crippen molar-refractivity contribution in [3.63, 3.8) is 0 Å². The highest BCUT2D eigenvalue weighted by Crippen LogP contribution is 2.17. The van der Waals surface area contributed by atoms with Crippen LogP contribution in [0, 0.1) is 0 Å². The van der Waals surface area contributed by atoms with Gasteiger partial charge in [-0.2, -0.15) is 0 Å². The summed E-state index contributed by atoms with van der Waals surface area (Å²) in [5.41, 5.74) is 0. The summed E-state index contributed by atoms with van der Waals surface area (Å²) in [6.07, 6.45) is 6.36. The fourth-order valence-electron chi connectivity index (χ4n) is 1.03. The fraction of sp³-hybridized carbons (Fsp3) is 0.400. The van der Waals surface area contributed by atoms with Crippen LogP contribution in [0.2, 0.25) is 0 Å². The number of hydrogen-bond acceptors (Lipinski definition) is 2. The molecule has 0 aromatic rings. The maximum atomic E-state index is 5.44. The number of hydrogen-bond donors (Lipinski definition) is 0. The van der Waals surface area contributed by atoms with Gasteiger partial charge in [0.1, 0.15) is 0 Å². The van der Waals surface area contributed by atoms with E-state index < -0.39 is 0 Å². The van der Waals surface area contributed by atoms with Crippen LogP contribution in [-0.4, -0.2) is 13.2 Å². The first-order valence-electron chi connectivity index (χ1n) is 4.13. The predicted octanol–water partition coefficient (Wildman–Crippen LogP) is 2.40. The van der Waals surface area contributed by atoms with Crippen LogP contribution in [0.15, 0.2) is 36.3 Å². The second kappa shape index (κ2) is 4.65. The van der Waals surface area contributed by atoms with Crippen LogP contribution in [0.1, 0.15) is 13.3 Å². The lowest BCUT2D eigenvalue weighted by molar-refractivity contribution is 0.220. The van der Waals surface area contributed by atoms with E-state index >= 15 is 0 Å². The molecule has 1 fully saturated rings. The monoisotopic (exact) mass is 166 g/mol. The van der Waals surface area contributed by atoms with E-state index in [1.165, 1.54) is 0 Å². The van der Waals surface area contributed by atoms with E-state index in [0.717, 1.165) is 31.2 Å². The van der Waals surface area contributed by atoms with Crippen LogP contribution in [0.5, 0.6) is 0 Å². The third-order valence-corrected chi connectivity index (χ3v) is 1.58. The number of allylic oxidation sites excluding steroid dienone is 3. The summed E-state index contributed by atoms with van der Waals surface area (Å²) in [5.74, 6) is 1.59. The SMILES string of the molecule is C=C/C=C1/OCCCO/C1=C/C. The smallest absolute Gasteiger partial charge is 0.160 e. The average molecular weight is 166 g/mol. The van der Waals surface area contributed by atoms with Gasteiger partial charge in [-0.05, 0) is 19.1 Å². The Kier molecular flexibility index (Phi) is 3.45. The van der Waals surface area contributed by atoms with Crippen molar-refractivity contribution in [2.75, 3.05) is 13.2 Å². The van der Waals surface area contributed by atoms with Crippen molar-refractivity contribution in [2.24, 2.45) is 0 Å². The van der Waals surface area contributed by atoms with Gasteiger partial charge in [-0.15, -0.1) is 0 Å². The zero-order valence-corrected chi connectivity index (χ0v) is 7.38. The molecule has 1 aliphatic heterocycles. The molecule has 0 aromatic carbocycles. The van der Waals surface area contributed by atoms with Crippen molar-refractivity contribution in [2.45, 2.75) is 13.3 Å². The molecule has 1 saturated heterocycles. The number of ether oxygens (including phenoxy) is 2. The molecule has 12 heavy (non-hydrogen) atoms. The molecule has 0 saturated carbocycles. The van der Waals surface area contributed by atoms with Crippen LogP contribution in [0.3, 0.4) is 0 Å². The van der Waals surface area contributed by atoms with Gasteiger partial charge in [0.25, 0.3) is 0 Å². The molecule has 0 unspecified atom stereocenters. The maximum Gasteiger partial charge on any atom is 0.160 e. The van der Waals surface area contributed by atoms with Crippen LogP contribution in [0.4, 0.5) is 0 Å². The molecule has 0 spiro atoms. The lowest BCUT2D eigenvalue weighted by atomic mass is 10.3. The summed E-state index contributed by atoms with van der Waals surface area (Å²) >= 11 is 0. The minimum Gasteiger partial charge on any atom is -0.490 e. The largest absolute Gasteiger partial charge is 0.490 e. The quantitative estimate of drug-likeness (QED) is 0.595. The molecule has 0 amide bonds. The number of rotatable bonds is 1. The van der Waals surface area contributed by atoms with E-state index in [4.69, 9.17) is 9.47 Å². The van der Waals surface area contributed by atoms with Gasteiger partial charge in [-0.25, -0.2) is 0 Å². The standard InChI is InChI=1S/C10H14O2/c1-3-6-10-9(4-2)11-7-5-8-12-10/h3-4,6H,1,5,7-8H2,2H3/b9-4+,10-6+. The molecular formula is C10H14O2. The summed E-state index contributed by atoms with van der Waals surface area (Å²) in [6.45, 7) is 7.00. The zero-order chi connectivity index (χ0) is 8.81. The van der Waals surface area contributed by atoms with Crippen LogP contribution >= 0.6 is 0 Å². The Hall–Kier alpha value is -1.18.